The van der Waals surface area contributed by atoms with Crippen LogP contribution in [0.25, 0.3) is 27.5 Å². The Morgan fingerprint density at radius 2 is 0.788 bits per heavy atom. The molecule has 7 aromatic carbocycles. The van der Waals surface area contributed by atoms with E-state index in [1.807, 2.05) is 0 Å². The van der Waals surface area contributed by atoms with E-state index in [0.29, 0.717) is 0 Å². The molecule has 0 bridgehead atoms. The maximum absolute atomic E-state index is 2.64. The standard InChI is InChI=1S/C48H36BN3/c1-47(2)31-19-7-13-25-37(31)51-39-27-15-9-21-33(39)49-34-22-10-16-28-40(34)52-38-26-14-8-20-32(38)48(3,4)42-44(41(47)45(51)43(49)46(42)52)50-35-23-11-5-17-29(35)30-18-6-12-24-36(30)50/h5-28H,1-4H3. The SMILES string of the molecule is CC1(C)c2ccccc2N2c3ccccc3B3c4ccccc4N4c5ccccc5C(C)(C)c5c4c3c2c1c5-n1c2ccccc2c2ccccc21. The Morgan fingerprint density at radius 3 is 1.27 bits per heavy atom. The molecule has 0 amide bonds. The van der Waals surface area contributed by atoms with Gasteiger partial charge >= 0.3 is 0 Å². The lowest BCUT2D eigenvalue weighted by atomic mass is 9.32. The van der Waals surface area contributed by atoms with Gasteiger partial charge in [0.15, 0.2) is 0 Å². The lowest BCUT2D eigenvalue weighted by Gasteiger charge is -2.54. The topological polar surface area (TPSA) is 11.4 Å². The molecule has 52 heavy (non-hydrogen) atoms. The Morgan fingerprint density at radius 1 is 0.404 bits per heavy atom. The Hall–Kier alpha value is -6.00. The number of anilines is 6. The van der Waals surface area contributed by atoms with Gasteiger partial charge < -0.3 is 14.4 Å². The van der Waals surface area contributed by atoms with Crippen LogP contribution < -0.4 is 26.2 Å². The minimum absolute atomic E-state index is 0.0942. The molecule has 0 fully saturated rings. The van der Waals surface area contributed by atoms with Gasteiger partial charge in [-0.15, -0.1) is 0 Å². The van der Waals surface area contributed by atoms with Crippen LogP contribution in [-0.2, 0) is 10.8 Å². The molecule has 12 rings (SSSR count). The number of hydrogen-bond donors (Lipinski definition) is 0. The summed E-state index contributed by atoms with van der Waals surface area (Å²) in [4.78, 5) is 5.27. The van der Waals surface area contributed by atoms with E-state index in [1.165, 1.54) is 100 Å². The molecule has 0 radical (unpaired) electrons. The first-order valence-electron chi connectivity index (χ1n) is 18.6. The molecule has 0 saturated heterocycles. The van der Waals surface area contributed by atoms with Crippen LogP contribution in [0.15, 0.2) is 146 Å². The molecule has 0 saturated carbocycles. The van der Waals surface area contributed by atoms with Crippen LogP contribution in [0, 0.1) is 0 Å². The molecule has 4 heteroatoms. The summed E-state index contributed by atoms with van der Waals surface area (Å²) in [6.45, 7) is 9.98. The van der Waals surface area contributed by atoms with Crippen molar-refractivity contribution in [3.63, 3.8) is 0 Å². The highest BCUT2D eigenvalue weighted by Crippen LogP contribution is 2.62. The molecule has 5 heterocycles. The summed E-state index contributed by atoms with van der Waals surface area (Å²) in [7, 11) is 0. The van der Waals surface area contributed by atoms with Crippen molar-refractivity contribution >= 4 is 79.0 Å². The van der Waals surface area contributed by atoms with Gasteiger partial charge in [0.25, 0.3) is 6.71 Å². The molecule has 246 valence electrons. The molecule has 3 nitrogen and oxygen atoms in total. The number of fused-ring (bicyclic) bond motifs is 13. The Labute approximate surface area is 304 Å². The van der Waals surface area contributed by atoms with Gasteiger partial charge in [-0.05, 0) is 63.9 Å². The van der Waals surface area contributed by atoms with E-state index in [9.17, 15) is 0 Å². The zero-order chi connectivity index (χ0) is 34.7. The predicted molar refractivity (Wildman–Crippen MR) is 219 cm³/mol. The largest absolute Gasteiger partial charge is 0.311 e. The molecule has 0 atom stereocenters. The summed E-state index contributed by atoms with van der Waals surface area (Å²) in [5.74, 6) is 0. The Kier molecular flexibility index (Phi) is 5.21. The van der Waals surface area contributed by atoms with E-state index in [4.69, 9.17) is 0 Å². The number of rotatable bonds is 1. The quantitative estimate of drug-likeness (QED) is 0.162. The van der Waals surface area contributed by atoms with Crippen LogP contribution in [0.4, 0.5) is 34.1 Å². The zero-order valence-electron chi connectivity index (χ0n) is 29.8. The van der Waals surface area contributed by atoms with E-state index >= 15 is 0 Å². The maximum atomic E-state index is 2.64. The van der Waals surface area contributed by atoms with Crippen molar-refractivity contribution in [2.24, 2.45) is 0 Å². The molecule has 0 unspecified atom stereocenters. The van der Waals surface area contributed by atoms with E-state index in [2.05, 4.69) is 188 Å². The number of para-hydroxylation sites is 6. The minimum Gasteiger partial charge on any atom is -0.311 e. The second-order valence-corrected chi connectivity index (χ2v) is 16.1. The highest BCUT2D eigenvalue weighted by Gasteiger charge is 2.54. The number of nitrogens with zero attached hydrogens (tertiary/aromatic N) is 3. The third-order valence-corrected chi connectivity index (χ3v) is 12.9. The van der Waals surface area contributed by atoms with Crippen molar-refractivity contribution in [2.75, 3.05) is 9.80 Å². The second-order valence-electron chi connectivity index (χ2n) is 16.1. The van der Waals surface area contributed by atoms with E-state index < -0.39 is 0 Å². The molecular formula is C48H36BN3. The summed E-state index contributed by atoms with van der Waals surface area (Å²) in [5.41, 5.74) is 20.6. The van der Waals surface area contributed by atoms with Gasteiger partial charge in [0, 0.05) is 55.5 Å². The third-order valence-electron chi connectivity index (χ3n) is 12.9. The fourth-order valence-corrected chi connectivity index (χ4v) is 10.8. The van der Waals surface area contributed by atoms with Crippen LogP contribution in [0.3, 0.4) is 0 Å². The zero-order valence-corrected chi connectivity index (χ0v) is 29.8. The summed E-state index contributed by atoms with van der Waals surface area (Å²) < 4.78 is 2.64. The minimum atomic E-state index is -0.318. The molecule has 4 aliphatic rings. The normalized spacial score (nSPS) is 16.3. The molecule has 0 spiro atoms. The highest BCUT2D eigenvalue weighted by molar-refractivity contribution is 7.00. The van der Waals surface area contributed by atoms with Gasteiger partial charge in [-0.1, -0.05) is 137 Å². The number of hydrogen-bond acceptors (Lipinski definition) is 2. The van der Waals surface area contributed by atoms with Crippen LogP contribution in [0.5, 0.6) is 0 Å². The van der Waals surface area contributed by atoms with Gasteiger partial charge in [0.1, 0.15) is 0 Å². The molecule has 1 aromatic heterocycles. The maximum Gasteiger partial charge on any atom is 0.252 e. The molecular weight excluding hydrogens is 629 g/mol. The average molecular weight is 666 g/mol. The summed E-state index contributed by atoms with van der Waals surface area (Å²) in [6, 6.07) is 54.7. The van der Waals surface area contributed by atoms with Crippen molar-refractivity contribution in [3.8, 4) is 5.69 Å². The first-order chi connectivity index (χ1) is 25.4. The molecule has 4 aliphatic heterocycles. The van der Waals surface area contributed by atoms with Crippen LogP contribution in [-0.4, -0.2) is 11.3 Å². The van der Waals surface area contributed by atoms with Gasteiger partial charge in [0.05, 0.1) is 28.1 Å². The lowest BCUT2D eigenvalue weighted by Crippen LogP contribution is -2.63. The van der Waals surface area contributed by atoms with Gasteiger partial charge in [-0.3, -0.25) is 0 Å². The van der Waals surface area contributed by atoms with Crippen LogP contribution in [0.1, 0.15) is 49.9 Å². The third kappa shape index (κ3) is 3.18. The fourth-order valence-electron chi connectivity index (χ4n) is 10.8. The summed E-state index contributed by atoms with van der Waals surface area (Å²) >= 11 is 0. The first kappa shape index (κ1) is 28.7. The van der Waals surface area contributed by atoms with Crippen LogP contribution in [0.2, 0.25) is 0 Å². The Balaban J connectivity index is 1.40. The van der Waals surface area contributed by atoms with Crippen molar-refractivity contribution in [1.29, 1.82) is 0 Å². The molecule has 0 N–H and O–H groups in total. The van der Waals surface area contributed by atoms with Gasteiger partial charge in [-0.25, -0.2) is 0 Å². The lowest BCUT2D eigenvalue weighted by molar-refractivity contribution is 0.603. The summed E-state index contributed by atoms with van der Waals surface area (Å²) in [5, 5.41) is 2.57. The smallest absolute Gasteiger partial charge is 0.252 e. The second kappa shape index (κ2) is 9.46. The number of benzene rings is 7. The van der Waals surface area contributed by atoms with Gasteiger partial charge in [-0.2, -0.15) is 0 Å². The van der Waals surface area contributed by atoms with Crippen molar-refractivity contribution < 1.29 is 0 Å². The first-order valence-corrected chi connectivity index (χ1v) is 18.6. The number of aromatic nitrogens is 1. The average Bonchev–Trinajstić information content (AvgIpc) is 3.51. The monoisotopic (exact) mass is 665 g/mol. The fraction of sp³-hybridized carbons (Fsp3) is 0.125. The highest BCUT2D eigenvalue weighted by atomic mass is 15.2. The Bertz CT molecular complexity index is 2700. The van der Waals surface area contributed by atoms with E-state index in [0.717, 1.165) is 0 Å². The predicted octanol–water partition coefficient (Wildman–Crippen LogP) is 10.1. The van der Waals surface area contributed by atoms with E-state index in [-0.39, 0.29) is 17.5 Å². The van der Waals surface area contributed by atoms with Gasteiger partial charge in [0.2, 0.25) is 0 Å². The van der Waals surface area contributed by atoms with Crippen molar-refractivity contribution in [3.05, 3.63) is 168 Å². The molecule has 0 aliphatic carbocycles. The van der Waals surface area contributed by atoms with Crippen molar-refractivity contribution in [2.45, 2.75) is 38.5 Å². The van der Waals surface area contributed by atoms with Crippen LogP contribution >= 0.6 is 0 Å². The van der Waals surface area contributed by atoms with Crippen molar-refractivity contribution in [1.82, 2.24) is 4.57 Å². The molecule has 8 aromatic rings. The summed E-state index contributed by atoms with van der Waals surface area (Å²) in [6.07, 6.45) is 0. The van der Waals surface area contributed by atoms with E-state index in [1.54, 1.807) is 0 Å².